The number of aromatic nitrogens is 1. The van der Waals surface area contributed by atoms with Crippen molar-refractivity contribution in [1.29, 1.82) is 0 Å². The quantitative estimate of drug-likeness (QED) is 0.770. The largest absolute Gasteiger partial charge is 0.493 e. The average Bonchev–Trinajstić information content (AvgIpc) is 3.14. The van der Waals surface area contributed by atoms with Gasteiger partial charge in [0.1, 0.15) is 5.82 Å². The van der Waals surface area contributed by atoms with E-state index in [0.29, 0.717) is 28.8 Å². The average molecular weight is 399 g/mol. The summed E-state index contributed by atoms with van der Waals surface area (Å²) in [7, 11) is 4.55. The summed E-state index contributed by atoms with van der Waals surface area (Å²) in [6.07, 6.45) is 0.899. The van der Waals surface area contributed by atoms with Gasteiger partial charge in [0.15, 0.2) is 11.5 Å². The Kier molecular flexibility index (Phi) is 6.21. The highest BCUT2D eigenvalue weighted by atomic mass is 16.5. The summed E-state index contributed by atoms with van der Waals surface area (Å²) in [5, 5.41) is 2.82. The van der Waals surface area contributed by atoms with E-state index in [0.717, 1.165) is 12.1 Å². The predicted octanol–water partition coefficient (Wildman–Crippen LogP) is 2.66. The lowest BCUT2D eigenvalue weighted by atomic mass is 10.1. The fourth-order valence-electron chi connectivity index (χ4n) is 3.33. The van der Waals surface area contributed by atoms with Gasteiger partial charge in [-0.3, -0.25) is 9.59 Å². The summed E-state index contributed by atoms with van der Waals surface area (Å²) in [4.78, 5) is 31.2. The Morgan fingerprint density at radius 3 is 2.45 bits per heavy atom. The van der Waals surface area contributed by atoms with Gasteiger partial charge in [-0.05, 0) is 18.6 Å². The molecule has 29 heavy (non-hydrogen) atoms. The molecule has 1 atom stereocenters. The van der Waals surface area contributed by atoms with Crippen LogP contribution in [0.4, 0.5) is 11.5 Å². The van der Waals surface area contributed by atoms with Crippen molar-refractivity contribution < 1.29 is 23.8 Å². The number of hydrogen-bond donors (Lipinski definition) is 1. The number of aryl methyl sites for hydroxylation is 1. The van der Waals surface area contributed by atoms with Gasteiger partial charge in [-0.15, -0.1) is 0 Å². The number of pyridine rings is 1. The SMILES string of the molecule is CCc1cccc(NC(=O)C2CC(=O)N(c3cc(OC)c(OC)c(OC)c3)C2)n1. The van der Waals surface area contributed by atoms with E-state index >= 15 is 0 Å². The van der Waals surface area contributed by atoms with Crippen LogP contribution in [0.5, 0.6) is 17.2 Å². The van der Waals surface area contributed by atoms with E-state index in [-0.39, 0.29) is 24.8 Å². The zero-order valence-corrected chi connectivity index (χ0v) is 17.0. The molecule has 8 nitrogen and oxygen atoms in total. The summed E-state index contributed by atoms with van der Waals surface area (Å²) < 4.78 is 16.0. The van der Waals surface area contributed by atoms with Crippen LogP contribution < -0.4 is 24.4 Å². The van der Waals surface area contributed by atoms with Gasteiger partial charge in [0.2, 0.25) is 17.6 Å². The lowest BCUT2D eigenvalue weighted by Gasteiger charge is -2.20. The van der Waals surface area contributed by atoms with Gasteiger partial charge in [0.25, 0.3) is 0 Å². The molecule has 1 aliphatic heterocycles. The minimum atomic E-state index is -0.478. The maximum absolute atomic E-state index is 12.7. The van der Waals surface area contributed by atoms with E-state index in [1.807, 2.05) is 19.1 Å². The summed E-state index contributed by atoms with van der Waals surface area (Å²) in [6, 6.07) is 8.90. The van der Waals surface area contributed by atoms with Crippen LogP contribution >= 0.6 is 0 Å². The molecule has 1 unspecified atom stereocenters. The Morgan fingerprint density at radius 1 is 1.17 bits per heavy atom. The second kappa shape index (κ2) is 8.81. The smallest absolute Gasteiger partial charge is 0.230 e. The van der Waals surface area contributed by atoms with E-state index in [9.17, 15) is 9.59 Å². The third-order valence-electron chi connectivity index (χ3n) is 4.88. The van der Waals surface area contributed by atoms with Crippen LogP contribution in [0.2, 0.25) is 0 Å². The molecule has 0 bridgehead atoms. The number of ether oxygens (including phenoxy) is 3. The second-order valence-corrected chi connectivity index (χ2v) is 6.65. The van der Waals surface area contributed by atoms with Crippen molar-refractivity contribution in [2.24, 2.45) is 5.92 Å². The molecule has 8 heteroatoms. The Bertz CT molecular complexity index is 890. The molecule has 0 spiro atoms. The minimum absolute atomic E-state index is 0.121. The van der Waals surface area contributed by atoms with Crippen molar-refractivity contribution in [3.8, 4) is 17.2 Å². The number of nitrogens with zero attached hydrogens (tertiary/aromatic N) is 2. The standard InChI is InChI=1S/C21H25N3O5/c1-5-14-7-6-8-18(22-14)23-21(26)13-9-19(25)24(12-13)15-10-16(27-2)20(29-4)17(11-15)28-3/h6-8,10-11,13H,5,9,12H2,1-4H3,(H,22,23,26). The molecule has 1 aromatic heterocycles. The number of carbonyl (C=O) groups is 2. The topological polar surface area (TPSA) is 90.0 Å². The van der Waals surface area contributed by atoms with Crippen molar-refractivity contribution in [2.75, 3.05) is 38.1 Å². The zero-order valence-electron chi connectivity index (χ0n) is 17.0. The number of anilines is 2. The van der Waals surface area contributed by atoms with Crippen molar-refractivity contribution >= 4 is 23.3 Å². The van der Waals surface area contributed by atoms with Crippen molar-refractivity contribution in [3.05, 3.63) is 36.0 Å². The molecule has 0 aliphatic carbocycles. The monoisotopic (exact) mass is 399 g/mol. The first-order valence-electron chi connectivity index (χ1n) is 9.37. The number of hydrogen-bond acceptors (Lipinski definition) is 6. The summed E-state index contributed by atoms with van der Waals surface area (Å²) in [5.41, 5.74) is 1.48. The first kappa shape index (κ1) is 20.4. The van der Waals surface area contributed by atoms with Gasteiger partial charge < -0.3 is 24.4 Å². The highest BCUT2D eigenvalue weighted by Gasteiger charge is 2.36. The molecule has 0 radical (unpaired) electrons. The van der Waals surface area contributed by atoms with Crippen LogP contribution in [-0.2, 0) is 16.0 Å². The third kappa shape index (κ3) is 4.26. The fraction of sp³-hybridized carbons (Fsp3) is 0.381. The summed E-state index contributed by atoms with van der Waals surface area (Å²) >= 11 is 0. The molecule has 154 valence electrons. The summed E-state index contributed by atoms with van der Waals surface area (Å²) in [6.45, 7) is 2.26. The van der Waals surface area contributed by atoms with E-state index < -0.39 is 5.92 Å². The second-order valence-electron chi connectivity index (χ2n) is 6.65. The van der Waals surface area contributed by atoms with Crippen LogP contribution in [0, 0.1) is 5.92 Å². The van der Waals surface area contributed by atoms with Gasteiger partial charge in [0, 0.05) is 30.8 Å². The van der Waals surface area contributed by atoms with Gasteiger partial charge in [-0.25, -0.2) is 4.98 Å². The Hall–Kier alpha value is -3.29. The van der Waals surface area contributed by atoms with Crippen molar-refractivity contribution in [2.45, 2.75) is 19.8 Å². The van der Waals surface area contributed by atoms with Crippen LogP contribution in [0.25, 0.3) is 0 Å². The first-order chi connectivity index (χ1) is 14.0. The van der Waals surface area contributed by atoms with Crippen LogP contribution in [0.1, 0.15) is 19.0 Å². The molecular formula is C21H25N3O5. The number of rotatable bonds is 7. The maximum Gasteiger partial charge on any atom is 0.230 e. The molecule has 1 aliphatic rings. The Labute approximate surface area is 169 Å². The Balaban J connectivity index is 1.78. The number of amides is 2. The highest BCUT2D eigenvalue weighted by molar-refractivity contribution is 6.03. The third-order valence-corrected chi connectivity index (χ3v) is 4.88. The molecule has 1 saturated heterocycles. The van der Waals surface area contributed by atoms with E-state index in [1.54, 1.807) is 23.1 Å². The number of nitrogens with one attached hydrogen (secondary N) is 1. The van der Waals surface area contributed by atoms with Crippen molar-refractivity contribution in [3.63, 3.8) is 0 Å². The lowest BCUT2D eigenvalue weighted by molar-refractivity contribution is -0.122. The van der Waals surface area contributed by atoms with Crippen LogP contribution in [0.15, 0.2) is 30.3 Å². The molecule has 1 fully saturated rings. The maximum atomic E-state index is 12.7. The highest BCUT2D eigenvalue weighted by Crippen LogP contribution is 2.42. The van der Waals surface area contributed by atoms with Gasteiger partial charge in [0.05, 0.1) is 32.9 Å². The normalized spacial score (nSPS) is 15.9. The van der Waals surface area contributed by atoms with Crippen molar-refractivity contribution in [1.82, 2.24) is 4.98 Å². The van der Waals surface area contributed by atoms with Gasteiger partial charge in [-0.1, -0.05) is 13.0 Å². The number of benzene rings is 1. The molecule has 1 aromatic carbocycles. The first-order valence-corrected chi connectivity index (χ1v) is 9.37. The van der Waals surface area contributed by atoms with E-state index in [4.69, 9.17) is 14.2 Å². The Morgan fingerprint density at radius 2 is 1.86 bits per heavy atom. The van der Waals surface area contributed by atoms with E-state index in [1.165, 1.54) is 21.3 Å². The van der Waals surface area contributed by atoms with Crippen LogP contribution in [-0.4, -0.2) is 44.7 Å². The number of methoxy groups -OCH3 is 3. The molecular weight excluding hydrogens is 374 g/mol. The fourth-order valence-corrected chi connectivity index (χ4v) is 3.33. The van der Waals surface area contributed by atoms with Gasteiger partial charge >= 0.3 is 0 Å². The molecule has 2 amide bonds. The molecule has 1 N–H and O–H groups in total. The lowest BCUT2D eigenvalue weighted by Crippen LogP contribution is -2.28. The van der Waals surface area contributed by atoms with E-state index in [2.05, 4.69) is 10.3 Å². The molecule has 3 rings (SSSR count). The predicted molar refractivity (Wildman–Crippen MR) is 109 cm³/mol. The molecule has 2 heterocycles. The zero-order chi connectivity index (χ0) is 21.0. The minimum Gasteiger partial charge on any atom is -0.493 e. The molecule has 2 aromatic rings. The van der Waals surface area contributed by atoms with Crippen LogP contribution in [0.3, 0.4) is 0 Å². The summed E-state index contributed by atoms with van der Waals surface area (Å²) in [5.74, 6) is 0.985. The van der Waals surface area contributed by atoms with Gasteiger partial charge in [-0.2, -0.15) is 0 Å². The number of carbonyl (C=O) groups excluding carboxylic acids is 2. The molecule has 0 saturated carbocycles.